The molecule has 0 aliphatic rings. The average Bonchev–Trinajstić information content (AvgIpc) is 2.34. The molecule has 1 unspecified atom stereocenters. The second kappa shape index (κ2) is 6.43. The Morgan fingerprint density at radius 3 is 2.10 bits per heavy atom. The van der Waals surface area contributed by atoms with Gasteiger partial charge in [-0.25, -0.2) is 0 Å². The number of hydrogen-bond donors (Lipinski definition) is 0. The number of carbonyl (C=O) groups is 1. The van der Waals surface area contributed by atoms with Crippen molar-refractivity contribution in [1.82, 2.24) is 0 Å². The Bertz CT molecular complexity index is 465. The van der Waals surface area contributed by atoms with Gasteiger partial charge in [-0.15, -0.1) is 0 Å². The van der Waals surface area contributed by atoms with E-state index in [4.69, 9.17) is 4.74 Å². The Morgan fingerprint density at radius 1 is 1.20 bits per heavy atom. The average molecular weight is 276 g/mol. The van der Waals surface area contributed by atoms with Crippen LogP contribution in [0.15, 0.2) is 12.1 Å². The molecule has 1 atom stereocenters. The third-order valence-electron chi connectivity index (χ3n) is 4.24. The molecule has 0 fully saturated rings. The smallest absolute Gasteiger partial charge is 0.317 e. The number of hydrogen-bond acceptors (Lipinski definition) is 2. The van der Waals surface area contributed by atoms with E-state index in [1.54, 1.807) is 0 Å². The van der Waals surface area contributed by atoms with Crippen molar-refractivity contribution in [2.75, 3.05) is 0 Å². The molecule has 20 heavy (non-hydrogen) atoms. The molecule has 1 rings (SSSR count). The lowest BCUT2D eigenvalue weighted by atomic mass is 9.80. The lowest BCUT2D eigenvalue weighted by Crippen LogP contribution is -2.32. The number of aryl methyl sites for hydroxylation is 2. The zero-order valence-electron chi connectivity index (χ0n) is 14.0. The first-order valence-electron chi connectivity index (χ1n) is 7.49. The normalized spacial score (nSPS) is 14.2. The summed E-state index contributed by atoms with van der Waals surface area (Å²) < 4.78 is 5.65. The minimum atomic E-state index is -0.402. The zero-order valence-corrected chi connectivity index (χ0v) is 14.0. The van der Waals surface area contributed by atoms with Crippen LogP contribution in [-0.2, 0) is 4.79 Å². The highest BCUT2D eigenvalue weighted by Crippen LogP contribution is 2.32. The predicted octanol–water partition coefficient (Wildman–Crippen LogP) is 4.98. The Morgan fingerprint density at radius 2 is 1.70 bits per heavy atom. The first-order valence-corrected chi connectivity index (χ1v) is 7.49. The summed E-state index contributed by atoms with van der Waals surface area (Å²) in [4.78, 5) is 12.5. The van der Waals surface area contributed by atoms with E-state index in [0.717, 1.165) is 24.0 Å². The molecule has 2 nitrogen and oxygen atoms in total. The van der Waals surface area contributed by atoms with Gasteiger partial charge >= 0.3 is 5.97 Å². The second-order valence-electron chi connectivity index (χ2n) is 6.58. The summed E-state index contributed by atoms with van der Waals surface area (Å²) in [5.74, 6) is 1.03. The van der Waals surface area contributed by atoms with Gasteiger partial charge in [0, 0.05) is 0 Å². The largest absolute Gasteiger partial charge is 0.426 e. The Kier molecular flexibility index (Phi) is 5.38. The molecule has 0 bridgehead atoms. The number of ether oxygens (including phenoxy) is 1. The van der Waals surface area contributed by atoms with Crippen molar-refractivity contribution in [1.29, 1.82) is 0 Å². The van der Waals surface area contributed by atoms with E-state index < -0.39 is 5.41 Å². The Labute approximate surface area is 123 Å². The van der Waals surface area contributed by atoms with Gasteiger partial charge in [-0.1, -0.05) is 20.8 Å². The van der Waals surface area contributed by atoms with Gasteiger partial charge < -0.3 is 4.74 Å². The van der Waals surface area contributed by atoms with Crippen LogP contribution in [0.25, 0.3) is 0 Å². The van der Waals surface area contributed by atoms with Gasteiger partial charge in [-0.3, -0.25) is 4.79 Å². The molecule has 0 saturated heterocycles. The Hall–Kier alpha value is -1.31. The van der Waals surface area contributed by atoms with E-state index >= 15 is 0 Å². The molecule has 0 radical (unpaired) electrons. The van der Waals surface area contributed by atoms with Crippen LogP contribution in [0.5, 0.6) is 5.75 Å². The van der Waals surface area contributed by atoms with Crippen LogP contribution in [0.4, 0.5) is 0 Å². The maximum Gasteiger partial charge on any atom is 0.317 e. The molecular formula is C18H28O2. The maximum absolute atomic E-state index is 12.5. The maximum atomic E-state index is 12.5. The summed E-state index contributed by atoms with van der Waals surface area (Å²) in [5, 5.41) is 0. The summed E-state index contributed by atoms with van der Waals surface area (Å²) >= 11 is 0. The third-order valence-corrected chi connectivity index (χ3v) is 4.24. The molecule has 2 heteroatoms. The fourth-order valence-electron chi connectivity index (χ4n) is 2.56. The summed E-state index contributed by atoms with van der Waals surface area (Å²) in [6.45, 7) is 14.5. The van der Waals surface area contributed by atoms with Gasteiger partial charge in [0.25, 0.3) is 0 Å². The second-order valence-corrected chi connectivity index (χ2v) is 6.58. The molecule has 0 N–H and O–H groups in total. The minimum Gasteiger partial charge on any atom is -0.426 e. The van der Waals surface area contributed by atoms with E-state index in [1.165, 1.54) is 5.56 Å². The molecule has 0 aliphatic carbocycles. The minimum absolute atomic E-state index is 0.114. The van der Waals surface area contributed by atoms with Crippen molar-refractivity contribution in [3.8, 4) is 5.75 Å². The van der Waals surface area contributed by atoms with E-state index in [9.17, 15) is 4.79 Å². The SMILES string of the molecule is CCC(C)(CC(C)C)C(=O)Oc1cc(C)c(C)c(C)c1. The molecule has 112 valence electrons. The molecule has 0 aliphatic heterocycles. The molecule has 0 amide bonds. The molecule has 0 saturated carbocycles. The first-order chi connectivity index (χ1) is 9.19. The van der Waals surface area contributed by atoms with Crippen LogP contribution in [0.1, 0.15) is 57.2 Å². The third kappa shape index (κ3) is 3.84. The standard InChI is InChI=1S/C18H28O2/c1-8-18(7,11-12(2)3)17(19)20-16-9-13(4)15(6)14(5)10-16/h9-10,12H,8,11H2,1-7H3. The number of rotatable bonds is 5. The van der Waals surface area contributed by atoms with Crippen molar-refractivity contribution in [2.24, 2.45) is 11.3 Å². The van der Waals surface area contributed by atoms with Crippen molar-refractivity contribution < 1.29 is 9.53 Å². The van der Waals surface area contributed by atoms with Gasteiger partial charge in [0.05, 0.1) is 5.41 Å². The highest BCUT2D eigenvalue weighted by atomic mass is 16.5. The van der Waals surface area contributed by atoms with Crippen molar-refractivity contribution in [3.05, 3.63) is 28.8 Å². The topological polar surface area (TPSA) is 26.3 Å². The quantitative estimate of drug-likeness (QED) is 0.560. The Balaban J connectivity index is 2.94. The monoisotopic (exact) mass is 276 g/mol. The summed E-state index contributed by atoms with van der Waals surface area (Å²) in [5.41, 5.74) is 3.18. The number of esters is 1. The lowest BCUT2D eigenvalue weighted by molar-refractivity contribution is -0.146. The fourth-order valence-corrected chi connectivity index (χ4v) is 2.56. The van der Waals surface area contributed by atoms with Crippen molar-refractivity contribution in [2.45, 2.75) is 61.3 Å². The van der Waals surface area contributed by atoms with Crippen molar-refractivity contribution >= 4 is 5.97 Å². The zero-order chi connectivity index (χ0) is 15.5. The molecule has 0 spiro atoms. The van der Waals surface area contributed by atoms with E-state index in [0.29, 0.717) is 11.7 Å². The van der Waals surface area contributed by atoms with Gasteiger partial charge in [0.1, 0.15) is 5.75 Å². The highest BCUT2D eigenvalue weighted by molar-refractivity contribution is 5.78. The van der Waals surface area contributed by atoms with E-state index in [-0.39, 0.29) is 5.97 Å². The van der Waals surface area contributed by atoms with Gasteiger partial charge in [0.2, 0.25) is 0 Å². The van der Waals surface area contributed by atoms with Crippen LogP contribution < -0.4 is 4.74 Å². The van der Waals surface area contributed by atoms with Crippen molar-refractivity contribution in [3.63, 3.8) is 0 Å². The molecular weight excluding hydrogens is 248 g/mol. The molecule has 1 aromatic carbocycles. The predicted molar refractivity (Wildman–Crippen MR) is 84.1 cm³/mol. The van der Waals surface area contributed by atoms with E-state index in [1.807, 2.05) is 32.9 Å². The first kappa shape index (κ1) is 16.7. The van der Waals surface area contributed by atoms with Crippen LogP contribution in [0.3, 0.4) is 0 Å². The van der Waals surface area contributed by atoms with Crippen LogP contribution in [0, 0.1) is 32.1 Å². The van der Waals surface area contributed by atoms with Crippen LogP contribution >= 0.6 is 0 Å². The van der Waals surface area contributed by atoms with Gasteiger partial charge in [0.15, 0.2) is 0 Å². The molecule has 0 heterocycles. The number of carbonyl (C=O) groups excluding carboxylic acids is 1. The summed E-state index contributed by atoms with van der Waals surface area (Å²) in [6.07, 6.45) is 1.65. The van der Waals surface area contributed by atoms with Crippen LogP contribution in [-0.4, -0.2) is 5.97 Å². The summed E-state index contributed by atoms with van der Waals surface area (Å²) in [7, 11) is 0. The molecule has 1 aromatic rings. The highest BCUT2D eigenvalue weighted by Gasteiger charge is 2.34. The molecule has 0 aromatic heterocycles. The summed E-state index contributed by atoms with van der Waals surface area (Å²) in [6, 6.07) is 3.90. The van der Waals surface area contributed by atoms with Gasteiger partial charge in [-0.05, 0) is 75.3 Å². The lowest BCUT2D eigenvalue weighted by Gasteiger charge is -2.27. The van der Waals surface area contributed by atoms with E-state index in [2.05, 4.69) is 27.7 Å². The fraction of sp³-hybridized carbons (Fsp3) is 0.611. The van der Waals surface area contributed by atoms with Crippen LogP contribution in [0.2, 0.25) is 0 Å². The number of benzene rings is 1. The van der Waals surface area contributed by atoms with Gasteiger partial charge in [-0.2, -0.15) is 0 Å².